The molecule has 25 heavy (non-hydrogen) atoms. The van der Waals surface area contributed by atoms with Crippen LogP contribution in [0.25, 0.3) is 0 Å². The maximum absolute atomic E-state index is 12.8. The van der Waals surface area contributed by atoms with Gasteiger partial charge in [-0.25, -0.2) is 0 Å². The number of nitrogens with zero attached hydrogens (tertiary/aromatic N) is 2. The van der Waals surface area contributed by atoms with E-state index in [2.05, 4.69) is 9.80 Å². The van der Waals surface area contributed by atoms with Gasteiger partial charge in [0.05, 0.1) is 12.2 Å². The molecule has 3 fully saturated rings. The molecule has 0 N–H and O–H groups in total. The fourth-order valence-corrected chi connectivity index (χ4v) is 5.61. The highest BCUT2D eigenvalue weighted by Gasteiger charge is 2.49. The van der Waals surface area contributed by atoms with E-state index in [1.54, 1.807) is 18.4 Å². The zero-order valence-corrected chi connectivity index (χ0v) is 16.1. The second-order valence-electron chi connectivity index (χ2n) is 8.31. The summed E-state index contributed by atoms with van der Waals surface area (Å²) < 4.78 is 5.54. The first-order valence-electron chi connectivity index (χ1n) is 9.73. The second kappa shape index (κ2) is 7.37. The van der Waals surface area contributed by atoms with E-state index >= 15 is 0 Å². The lowest BCUT2D eigenvalue weighted by Crippen LogP contribution is -2.47. The van der Waals surface area contributed by atoms with Gasteiger partial charge in [-0.2, -0.15) is 11.3 Å². The topological polar surface area (TPSA) is 32.8 Å². The average molecular weight is 363 g/mol. The van der Waals surface area contributed by atoms with Crippen LogP contribution in [0, 0.1) is 17.3 Å². The van der Waals surface area contributed by atoms with Crippen molar-refractivity contribution in [3.05, 3.63) is 22.4 Å². The first-order valence-corrected chi connectivity index (χ1v) is 10.7. The second-order valence-corrected chi connectivity index (χ2v) is 9.09. The van der Waals surface area contributed by atoms with Gasteiger partial charge in [-0.1, -0.05) is 6.42 Å². The Bertz CT molecular complexity index is 577. The van der Waals surface area contributed by atoms with Crippen molar-refractivity contribution < 1.29 is 9.53 Å². The maximum Gasteiger partial charge on any atom is 0.254 e. The van der Waals surface area contributed by atoms with Crippen LogP contribution in [0.15, 0.2) is 16.8 Å². The first kappa shape index (κ1) is 17.5. The number of piperidine rings is 1. The van der Waals surface area contributed by atoms with Crippen molar-refractivity contribution in [1.82, 2.24) is 9.80 Å². The number of likely N-dealkylation sites (tertiary alicyclic amines) is 2. The SMILES string of the molecule is COC[C@H]1CN(C(=O)c2ccsc2)CC12CCN(CC1CCC1)CC2. The Morgan fingerprint density at radius 3 is 2.76 bits per heavy atom. The quantitative estimate of drug-likeness (QED) is 0.805. The minimum Gasteiger partial charge on any atom is -0.384 e. The van der Waals surface area contributed by atoms with Crippen LogP contribution in [-0.2, 0) is 4.74 Å². The van der Waals surface area contributed by atoms with Crippen molar-refractivity contribution in [2.75, 3.05) is 46.4 Å². The van der Waals surface area contributed by atoms with E-state index in [1.807, 2.05) is 16.8 Å². The fourth-order valence-electron chi connectivity index (χ4n) is 4.98. The summed E-state index contributed by atoms with van der Waals surface area (Å²) in [5.41, 5.74) is 1.11. The molecule has 138 valence electrons. The van der Waals surface area contributed by atoms with E-state index in [4.69, 9.17) is 4.74 Å². The summed E-state index contributed by atoms with van der Waals surface area (Å²) in [6.07, 6.45) is 6.70. The van der Waals surface area contributed by atoms with Gasteiger partial charge >= 0.3 is 0 Å². The molecule has 2 saturated heterocycles. The molecule has 0 radical (unpaired) electrons. The van der Waals surface area contributed by atoms with Crippen LogP contribution in [0.3, 0.4) is 0 Å². The Balaban J connectivity index is 1.41. The molecule has 2 aliphatic heterocycles. The molecule has 1 aromatic rings. The van der Waals surface area contributed by atoms with Gasteiger partial charge in [0, 0.05) is 38.0 Å². The van der Waals surface area contributed by atoms with Crippen LogP contribution < -0.4 is 0 Å². The summed E-state index contributed by atoms with van der Waals surface area (Å²) in [6, 6.07) is 1.95. The van der Waals surface area contributed by atoms with Crippen LogP contribution in [0.1, 0.15) is 42.5 Å². The third-order valence-electron chi connectivity index (χ3n) is 6.83. The molecule has 4 nitrogen and oxygen atoms in total. The Morgan fingerprint density at radius 2 is 2.16 bits per heavy atom. The predicted octanol–water partition coefficient (Wildman–Crippen LogP) is 3.35. The number of hydrogen-bond donors (Lipinski definition) is 0. The molecule has 1 spiro atoms. The number of thiophene rings is 1. The summed E-state index contributed by atoms with van der Waals surface area (Å²) in [5, 5.41) is 3.96. The number of carbonyl (C=O) groups excluding carboxylic acids is 1. The molecule has 3 heterocycles. The lowest BCUT2D eigenvalue weighted by Gasteiger charge is -2.44. The van der Waals surface area contributed by atoms with E-state index in [1.165, 1.54) is 51.7 Å². The minimum atomic E-state index is 0.205. The van der Waals surface area contributed by atoms with Gasteiger partial charge < -0.3 is 14.5 Å². The molecular formula is C20H30N2O2S. The third kappa shape index (κ3) is 3.51. The highest BCUT2D eigenvalue weighted by molar-refractivity contribution is 7.08. The Morgan fingerprint density at radius 1 is 1.36 bits per heavy atom. The summed E-state index contributed by atoms with van der Waals surface area (Å²) >= 11 is 1.60. The summed E-state index contributed by atoms with van der Waals surface area (Å²) in [5.74, 6) is 1.63. The number of carbonyl (C=O) groups is 1. The molecule has 0 aromatic carbocycles. The zero-order valence-electron chi connectivity index (χ0n) is 15.3. The molecule has 3 aliphatic rings. The number of ether oxygens (including phenoxy) is 1. The first-order chi connectivity index (χ1) is 12.2. The van der Waals surface area contributed by atoms with Crippen LogP contribution in [0.2, 0.25) is 0 Å². The molecule has 0 bridgehead atoms. The number of hydrogen-bond acceptors (Lipinski definition) is 4. The molecule has 1 saturated carbocycles. The highest BCUT2D eigenvalue weighted by atomic mass is 32.1. The summed E-state index contributed by atoms with van der Waals surface area (Å²) in [6.45, 7) is 6.21. The van der Waals surface area contributed by atoms with Crippen LogP contribution in [-0.4, -0.2) is 62.1 Å². The van der Waals surface area contributed by atoms with Crippen molar-refractivity contribution >= 4 is 17.2 Å². The van der Waals surface area contributed by atoms with E-state index in [-0.39, 0.29) is 11.3 Å². The molecule has 0 unspecified atom stereocenters. The lowest BCUT2D eigenvalue weighted by molar-refractivity contribution is 0.0280. The normalized spacial score (nSPS) is 26.9. The lowest BCUT2D eigenvalue weighted by atomic mass is 9.71. The molecule has 1 aromatic heterocycles. The van der Waals surface area contributed by atoms with Crippen molar-refractivity contribution in [2.45, 2.75) is 32.1 Å². The Hall–Kier alpha value is -0.910. The number of rotatable bonds is 5. The number of methoxy groups -OCH3 is 1. The maximum atomic E-state index is 12.8. The summed E-state index contributed by atoms with van der Waals surface area (Å²) in [7, 11) is 1.79. The monoisotopic (exact) mass is 362 g/mol. The van der Waals surface area contributed by atoms with Crippen LogP contribution in [0.5, 0.6) is 0 Å². The zero-order chi connectivity index (χ0) is 17.3. The van der Waals surface area contributed by atoms with Crippen molar-refractivity contribution in [3.63, 3.8) is 0 Å². The largest absolute Gasteiger partial charge is 0.384 e. The number of amides is 1. The van der Waals surface area contributed by atoms with Gasteiger partial charge in [-0.15, -0.1) is 0 Å². The smallest absolute Gasteiger partial charge is 0.254 e. The van der Waals surface area contributed by atoms with E-state index < -0.39 is 0 Å². The van der Waals surface area contributed by atoms with Crippen molar-refractivity contribution in [2.24, 2.45) is 17.3 Å². The van der Waals surface area contributed by atoms with Gasteiger partial charge in [0.25, 0.3) is 5.91 Å². The molecule has 1 amide bonds. The van der Waals surface area contributed by atoms with Gasteiger partial charge in [-0.05, 0) is 61.6 Å². The Labute approximate surface area is 155 Å². The Kier molecular flexibility index (Phi) is 5.16. The molecule has 4 rings (SSSR count). The third-order valence-corrected chi connectivity index (χ3v) is 7.51. The average Bonchev–Trinajstić information content (AvgIpc) is 3.22. The minimum absolute atomic E-state index is 0.205. The van der Waals surface area contributed by atoms with E-state index in [9.17, 15) is 4.79 Å². The van der Waals surface area contributed by atoms with Crippen LogP contribution >= 0.6 is 11.3 Å². The molecule has 1 atom stereocenters. The standard InChI is InChI=1S/C20H30N2O2S/c1-24-13-18-12-22(19(23)17-5-10-25-14-17)15-20(18)6-8-21(9-7-20)11-16-3-2-4-16/h5,10,14,16,18H,2-4,6-9,11-13,15H2,1H3/t18-/m1/s1. The van der Waals surface area contributed by atoms with E-state index in [0.717, 1.165) is 31.2 Å². The van der Waals surface area contributed by atoms with Crippen LogP contribution in [0.4, 0.5) is 0 Å². The fraction of sp³-hybridized carbons (Fsp3) is 0.750. The van der Waals surface area contributed by atoms with Gasteiger partial charge in [0.2, 0.25) is 0 Å². The summed E-state index contributed by atoms with van der Waals surface area (Å²) in [4.78, 5) is 17.6. The predicted molar refractivity (Wildman–Crippen MR) is 101 cm³/mol. The van der Waals surface area contributed by atoms with Gasteiger partial charge in [-0.3, -0.25) is 4.79 Å². The van der Waals surface area contributed by atoms with Gasteiger partial charge in [0.1, 0.15) is 0 Å². The molecule has 5 heteroatoms. The van der Waals surface area contributed by atoms with Gasteiger partial charge in [0.15, 0.2) is 0 Å². The highest BCUT2D eigenvalue weighted by Crippen LogP contribution is 2.45. The van der Waals surface area contributed by atoms with Crippen molar-refractivity contribution in [1.29, 1.82) is 0 Å². The molecular weight excluding hydrogens is 332 g/mol. The van der Waals surface area contributed by atoms with Crippen molar-refractivity contribution in [3.8, 4) is 0 Å². The molecule has 1 aliphatic carbocycles. The van der Waals surface area contributed by atoms with E-state index in [0.29, 0.717) is 5.92 Å².